The van der Waals surface area contributed by atoms with Crippen molar-refractivity contribution < 1.29 is 9.59 Å². The quantitative estimate of drug-likeness (QED) is 0.648. The van der Waals surface area contributed by atoms with Gasteiger partial charge in [0, 0.05) is 32.0 Å². The van der Waals surface area contributed by atoms with Gasteiger partial charge in [0.1, 0.15) is 0 Å². The van der Waals surface area contributed by atoms with Gasteiger partial charge in [0.2, 0.25) is 5.91 Å². The molecule has 0 saturated heterocycles. The molecule has 3 N–H and O–H groups in total. The summed E-state index contributed by atoms with van der Waals surface area (Å²) >= 11 is 0. The van der Waals surface area contributed by atoms with E-state index in [1.807, 2.05) is 48.5 Å². The fourth-order valence-electron chi connectivity index (χ4n) is 2.68. The second-order valence-corrected chi connectivity index (χ2v) is 6.16. The molecule has 0 bridgehead atoms. The van der Waals surface area contributed by atoms with Crippen LogP contribution in [0, 0.1) is 0 Å². The Kier molecular flexibility index (Phi) is 8.19. The van der Waals surface area contributed by atoms with Crippen LogP contribution < -0.4 is 16.0 Å². The number of amides is 3. The van der Waals surface area contributed by atoms with Crippen molar-refractivity contribution in [2.45, 2.75) is 32.2 Å². The van der Waals surface area contributed by atoms with Crippen LogP contribution in [0.25, 0.3) is 0 Å². The molecule has 0 aliphatic rings. The maximum Gasteiger partial charge on any atom is 0.315 e. The highest BCUT2D eigenvalue weighted by atomic mass is 16.2. The van der Waals surface area contributed by atoms with Crippen molar-refractivity contribution in [3.05, 3.63) is 71.8 Å². The predicted octanol–water partition coefficient (Wildman–Crippen LogP) is 3.19. The summed E-state index contributed by atoms with van der Waals surface area (Å²) in [6, 6.07) is 19.6. The maximum atomic E-state index is 12.0. The van der Waals surface area contributed by atoms with Crippen molar-refractivity contribution in [2.75, 3.05) is 13.1 Å². The van der Waals surface area contributed by atoms with Gasteiger partial charge in [-0.1, -0.05) is 67.6 Å². The van der Waals surface area contributed by atoms with Gasteiger partial charge in [0.25, 0.3) is 0 Å². The number of urea groups is 1. The smallest absolute Gasteiger partial charge is 0.315 e. The van der Waals surface area contributed by atoms with Crippen LogP contribution in [0.1, 0.15) is 36.8 Å². The molecule has 26 heavy (non-hydrogen) atoms. The Hall–Kier alpha value is -2.82. The summed E-state index contributed by atoms with van der Waals surface area (Å²) in [6.07, 6.45) is 1.23. The van der Waals surface area contributed by atoms with Crippen LogP contribution in [0.2, 0.25) is 0 Å². The first kappa shape index (κ1) is 19.5. The summed E-state index contributed by atoms with van der Waals surface area (Å²) in [4.78, 5) is 23.7. The first-order valence-corrected chi connectivity index (χ1v) is 9.06. The first-order valence-electron chi connectivity index (χ1n) is 9.06. The molecule has 0 saturated carbocycles. The molecule has 5 heteroatoms. The Bertz CT molecular complexity index is 674. The second kappa shape index (κ2) is 10.9. The normalized spacial score (nSPS) is 11.4. The van der Waals surface area contributed by atoms with Crippen LogP contribution in [-0.2, 0) is 11.3 Å². The summed E-state index contributed by atoms with van der Waals surface area (Å²) < 4.78 is 0. The second-order valence-electron chi connectivity index (χ2n) is 6.16. The van der Waals surface area contributed by atoms with Gasteiger partial charge >= 0.3 is 6.03 Å². The minimum Gasteiger partial charge on any atom is -0.355 e. The molecule has 0 fully saturated rings. The first-order chi connectivity index (χ1) is 12.7. The van der Waals surface area contributed by atoms with Crippen LogP contribution in [-0.4, -0.2) is 25.0 Å². The van der Waals surface area contributed by atoms with E-state index >= 15 is 0 Å². The Labute approximate surface area is 155 Å². The van der Waals surface area contributed by atoms with Gasteiger partial charge in [-0.05, 0) is 17.5 Å². The third-order valence-electron chi connectivity index (χ3n) is 4.24. The van der Waals surface area contributed by atoms with E-state index in [0.717, 1.165) is 12.0 Å². The average molecular weight is 353 g/mol. The molecule has 2 aromatic rings. The molecular formula is C21H27N3O2. The largest absolute Gasteiger partial charge is 0.355 e. The molecule has 2 aromatic carbocycles. The Morgan fingerprint density at radius 1 is 0.885 bits per heavy atom. The summed E-state index contributed by atoms with van der Waals surface area (Å²) in [5.74, 6) is 0.255. The van der Waals surface area contributed by atoms with Gasteiger partial charge in [-0.2, -0.15) is 0 Å². The van der Waals surface area contributed by atoms with Gasteiger partial charge in [-0.3, -0.25) is 4.79 Å². The number of rotatable bonds is 9. The molecule has 0 aliphatic carbocycles. The minimum atomic E-state index is -0.266. The monoisotopic (exact) mass is 353 g/mol. The molecule has 3 amide bonds. The Balaban J connectivity index is 1.61. The van der Waals surface area contributed by atoms with Crippen molar-refractivity contribution in [3.63, 3.8) is 0 Å². The number of hydrogen-bond acceptors (Lipinski definition) is 2. The van der Waals surface area contributed by atoms with Gasteiger partial charge < -0.3 is 16.0 Å². The zero-order valence-electron chi connectivity index (χ0n) is 15.2. The van der Waals surface area contributed by atoms with Gasteiger partial charge in [-0.15, -0.1) is 0 Å². The van der Waals surface area contributed by atoms with E-state index in [-0.39, 0.29) is 18.4 Å². The molecular weight excluding hydrogens is 326 g/mol. The van der Waals surface area contributed by atoms with E-state index < -0.39 is 0 Å². The third kappa shape index (κ3) is 6.97. The topological polar surface area (TPSA) is 70.2 Å². The lowest BCUT2D eigenvalue weighted by atomic mass is 9.96. The number of carbonyl (C=O) groups is 2. The lowest BCUT2D eigenvalue weighted by Gasteiger charge is -2.16. The number of hydrogen-bond donors (Lipinski definition) is 3. The number of benzene rings is 2. The van der Waals surface area contributed by atoms with Crippen molar-refractivity contribution in [1.29, 1.82) is 0 Å². The highest BCUT2D eigenvalue weighted by molar-refractivity contribution is 5.78. The third-order valence-corrected chi connectivity index (χ3v) is 4.24. The predicted molar refractivity (Wildman–Crippen MR) is 104 cm³/mol. The SMILES string of the molecule is CC[C@H](CNC(=O)CCNC(=O)NCc1ccccc1)c1ccccc1. The van der Waals surface area contributed by atoms with E-state index in [2.05, 4.69) is 35.0 Å². The van der Waals surface area contributed by atoms with E-state index in [0.29, 0.717) is 25.6 Å². The van der Waals surface area contributed by atoms with Crippen molar-refractivity contribution in [3.8, 4) is 0 Å². The lowest BCUT2D eigenvalue weighted by molar-refractivity contribution is -0.121. The molecule has 1 atom stereocenters. The zero-order chi connectivity index (χ0) is 18.6. The van der Waals surface area contributed by atoms with Crippen molar-refractivity contribution >= 4 is 11.9 Å². The molecule has 2 rings (SSSR count). The van der Waals surface area contributed by atoms with Crippen LogP contribution in [0.5, 0.6) is 0 Å². The molecule has 5 nitrogen and oxygen atoms in total. The summed E-state index contributed by atoms with van der Waals surface area (Å²) in [7, 11) is 0. The van der Waals surface area contributed by atoms with E-state index in [4.69, 9.17) is 0 Å². The number of carbonyl (C=O) groups excluding carboxylic acids is 2. The molecule has 0 aromatic heterocycles. The Morgan fingerprint density at radius 3 is 2.19 bits per heavy atom. The van der Waals surface area contributed by atoms with Gasteiger partial charge in [0.05, 0.1) is 0 Å². The standard InChI is InChI=1S/C21H27N3O2/c1-2-18(19-11-7-4-8-12-19)16-23-20(25)13-14-22-21(26)24-15-17-9-5-3-6-10-17/h3-12,18H,2,13-16H2,1H3,(H,23,25)(H2,22,24,26)/t18-/m1/s1. The van der Waals surface area contributed by atoms with Crippen molar-refractivity contribution in [2.24, 2.45) is 0 Å². The summed E-state index contributed by atoms with van der Waals surface area (Å²) in [5, 5.41) is 8.43. The lowest BCUT2D eigenvalue weighted by Crippen LogP contribution is -2.38. The average Bonchev–Trinajstić information content (AvgIpc) is 2.68. The zero-order valence-corrected chi connectivity index (χ0v) is 15.2. The molecule has 0 aliphatic heterocycles. The summed E-state index contributed by atoms with van der Waals surface area (Å²) in [6.45, 7) is 3.50. The molecule has 0 heterocycles. The van der Waals surface area contributed by atoms with Crippen molar-refractivity contribution in [1.82, 2.24) is 16.0 Å². The molecule has 138 valence electrons. The number of nitrogens with one attached hydrogen (secondary N) is 3. The highest BCUT2D eigenvalue weighted by Crippen LogP contribution is 2.17. The van der Waals surface area contributed by atoms with Gasteiger partial charge in [0.15, 0.2) is 0 Å². The van der Waals surface area contributed by atoms with E-state index in [1.54, 1.807) is 0 Å². The van der Waals surface area contributed by atoms with E-state index in [1.165, 1.54) is 5.56 Å². The fourth-order valence-corrected chi connectivity index (χ4v) is 2.68. The van der Waals surface area contributed by atoms with Crippen LogP contribution >= 0.6 is 0 Å². The van der Waals surface area contributed by atoms with Gasteiger partial charge in [-0.25, -0.2) is 4.79 Å². The van der Waals surface area contributed by atoms with E-state index in [9.17, 15) is 9.59 Å². The molecule has 0 unspecified atom stereocenters. The van der Waals surface area contributed by atoms with Crippen LogP contribution in [0.4, 0.5) is 4.79 Å². The maximum absolute atomic E-state index is 12.0. The highest BCUT2D eigenvalue weighted by Gasteiger charge is 2.11. The van der Waals surface area contributed by atoms with Crippen LogP contribution in [0.15, 0.2) is 60.7 Å². The molecule has 0 radical (unpaired) electrons. The Morgan fingerprint density at radius 2 is 1.54 bits per heavy atom. The van der Waals surface area contributed by atoms with Crippen LogP contribution in [0.3, 0.4) is 0 Å². The molecule has 0 spiro atoms. The minimum absolute atomic E-state index is 0.0530. The fraction of sp³-hybridized carbons (Fsp3) is 0.333. The summed E-state index contributed by atoms with van der Waals surface area (Å²) in [5.41, 5.74) is 2.26.